The molecule has 5 rings (SSSR count). The van der Waals surface area contributed by atoms with E-state index in [1.54, 1.807) is 12.4 Å². The van der Waals surface area contributed by atoms with Crippen molar-refractivity contribution in [1.82, 2.24) is 20.4 Å². The van der Waals surface area contributed by atoms with Crippen LogP contribution in [0.2, 0.25) is 0 Å². The first-order chi connectivity index (χ1) is 15.7. The highest BCUT2D eigenvalue weighted by molar-refractivity contribution is 5.76. The number of carbonyl (C=O) groups excluding carboxylic acids is 1. The molecular weight excluding hydrogens is 412 g/mol. The summed E-state index contributed by atoms with van der Waals surface area (Å²) in [7, 11) is 0. The predicted molar refractivity (Wildman–Crippen MR) is 113 cm³/mol. The Morgan fingerprint density at radius 2 is 1.88 bits per heavy atom. The normalized spacial score (nSPS) is 16.6. The quantitative estimate of drug-likeness (QED) is 0.602. The molecule has 0 aliphatic carbocycles. The summed E-state index contributed by atoms with van der Waals surface area (Å²) in [6.07, 6.45) is 5.64. The molecule has 9 heteroatoms. The van der Waals surface area contributed by atoms with Gasteiger partial charge in [-0.3, -0.25) is 9.78 Å². The molecule has 3 aromatic rings. The predicted octanol–water partition coefficient (Wildman–Crippen LogP) is 2.66. The van der Waals surface area contributed by atoms with Gasteiger partial charge in [0, 0.05) is 56.0 Å². The third kappa shape index (κ3) is 4.29. The van der Waals surface area contributed by atoms with Crippen LogP contribution in [-0.2, 0) is 21.4 Å². The van der Waals surface area contributed by atoms with Crippen LogP contribution in [0.5, 0.6) is 11.5 Å². The summed E-state index contributed by atoms with van der Waals surface area (Å²) in [5, 5.41) is 7.08. The van der Waals surface area contributed by atoms with E-state index >= 15 is 0 Å². The molecule has 0 atom stereocenters. The molecule has 0 unspecified atom stereocenters. The van der Waals surface area contributed by atoms with Crippen molar-refractivity contribution >= 4 is 5.91 Å². The number of pyridine rings is 1. The number of hydrogen-bond acceptors (Lipinski definition) is 8. The first kappa shape index (κ1) is 20.4. The molecule has 2 aliphatic rings. The van der Waals surface area contributed by atoms with Crippen LogP contribution in [0.25, 0.3) is 11.4 Å². The Labute approximate surface area is 185 Å². The van der Waals surface area contributed by atoms with Gasteiger partial charge in [0.2, 0.25) is 24.4 Å². The lowest BCUT2D eigenvalue weighted by Crippen LogP contribution is -2.44. The number of aromatic nitrogens is 3. The number of rotatable bonds is 7. The van der Waals surface area contributed by atoms with Crippen LogP contribution < -0.4 is 14.8 Å². The third-order valence-electron chi connectivity index (χ3n) is 6.03. The minimum atomic E-state index is -0.201. The largest absolute Gasteiger partial charge is 0.454 e. The van der Waals surface area contributed by atoms with Gasteiger partial charge in [-0.2, -0.15) is 4.98 Å². The zero-order chi connectivity index (χ0) is 21.8. The number of ether oxygens (including phenoxy) is 3. The number of nitrogens with one attached hydrogen (secondary N) is 1. The molecule has 1 fully saturated rings. The van der Waals surface area contributed by atoms with Crippen LogP contribution in [-0.4, -0.2) is 47.6 Å². The molecule has 1 N–H and O–H groups in total. The second kappa shape index (κ2) is 8.96. The molecule has 2 aliphatic heterocycles. The molecule has 1 amide bonds. The molecule has 4 heterocycles. The van der Waals surface area contributed by atoms with E-state index in [0.29, 0.717) is 37.9 Å². The first-order valence-electron chi connectivity index (χ1n) is 10.7. The summed E-state index contributed by atoms with van der Waals surface area (Å²) < 4.78 is 21.9. The topological polar surface area (TPSA) is 109 Å². The van der Waals surface area contributed by atoms with Gasteiger partial charge in [0.1, 0.15) is 0 Å². The third-order valence-corrected chi connectivity index (χ3v) is 6.03. The van der Waals surface area contributed by atoms with Gasteiger partial charge >= 0.3 is 0 Å². The van der Waals surface area contributed by atoms with Crippen LogP contribution in [0.1, 0.15) is 30.7 Å². The zero-order valence-corrected chi connectivity index (χ0v) is 17.6. The average molecular weight is 436 g/mol. The molecule has 0 radical (unpaired) electrons. The Kier molecular flexibility index (Phi) is 5.72. The van der Waals surface area contributed by atoms with Crippen LogP contribution in [0.3, 0.4) is 0 Å². The number of hydrogen-bond donors (Lipinski definition) is 1. The van der Waals surface area contributed by atoms with E-state index in [9.17, 15) is 4.79 Å². The van der Waals surface area contributed by atoms with Crippen LogP contribution in [0, 0.1) is 0 Å². The smallest absolute Gasteiger partial charge is 0.231 e. The molecular formula is C23H24N4O5. The summed E-state index contributed by atoms with van der Waals surface area (Å²) in [5.74, 6) is 2.38. The molecule has 166 valence electrons. The lowest BCUT2D eigenvalue weighted by Gasteiger charge is -2.38. The van der Waals surface area contributed by atoms with Gasteiger partial charge < -0.3 is 24.1 Å². The standard InChI is InChI=1S/C23H24N4O5/c28-20(3-4-21-26-22(27-32-21)16-5-9-24-10-6-16)25-14-23(7-11-29-12-8-23)17-1-2-18-19(13-17)31-15-30-18/h1-2,5-6,9-10,13H,3-4,7-8,11-12,14-15H2,(H,25,28). The lowest BCUT2D eigenvalue weighted by atomic mass is 9.74. The SMILES string of the molecule is O=C(CCc1nc(-c2ccncc2)no1)NCC1(c2ccc3c(c2)OCO3)CCOCC1. The van der Waals surface area contributed by atoms with Crippen molar-refractivity contribution in [1.29, 1.82) is 0 Å². The number of carbonyl (C=O) groups is 1. The van der Waals surface area contributed by atoms with Gasteiger partial charge in [0.05, 0.1) is 0 Å². The summed E-state index contributed by atoms with van der Waals surface area (Å²) >= 11 is 0. The summed E-state index contributed by atoms with van der Waals surface area (Å²) in [6, 6.07) is 9.64. The highest BCUT2D eigenvalue weighted by Crippen LogP contribution is 2.40. The highest BCUT2D eigenvalue weighted by atomic mass is 16.7. The second-order valence-corrected chi connectivity index (χ2v) is 7.99. The van der Waals surface area contributed by atoms with Crippen molar-refractivity contribution in [2.24, 2.45) is 0 Å². The highest BCUT2D eigenvalue weighted by Gasteiger charge is 2.36. The Bertz CT molecular complexity index is 1080. The average Bonchev–Trinajstić information content (AvgIpc) is 3.52. The number of fused-ring (bicyclic) bond motifs is 1. The molecule has 32 heavy (non-hydrogen) atoms. The number of amides is 1. The first-order valence-corrected chi connectivity index (χ1v) is 10.7. The Balaban J connectivity index is 1.20. The van der Waals surface area contributed by atoms with Crippen LogP contribution in [0.4, 0.5) is 0 Å². The van der Waals surface area contributed by atoms with E-state index < -0.39 is 0 Å². The monoisotopic (exact) mass is 436 g/mol. The summed E-state index contributed by atoms with van der Waals surface area (Å²) in [6.45, 7) is 2.08. The molecule has 0 saturated carbocycles. The molecule has 1 saturated heterocycles. The summed E-state index contributed by atoms with van der Waals surface area (Å²) in [4.78, 5) is 21.0. The minimum absolute atomic E-state index is 0.0553. The van der Waals surface area contributed by atoms with E-state index in [2.05, 4.69) is 26.5 Å². The molecule has 2 aromatic heterocycles. The van der Waals surface area contributed by atoms with Crippen molar-refractivity contribution in [3.63, 3.8) is 0 Å². The van der Waals surface area contributed by atoms with Crippen molar-refractivity contribution in [3.05, 3.63) is 54.2 Å². The Morgan fingerprint density at radius 3 is 2.72 bits per heavy atom. The van der Waals surface area contributed by atoms with E-state index in [0.717, 1.165) is 35.5 Å². The number of benzene rings is 1. The molecule has 1 aromatic carbocycles. The maximum Gasteiger partial charge on any atom is 0.231 e. The lowest BCUT2D eigenvalue weighted by molar-refractivity contribution is -0.121. The van der Waals surface area contributed by atoms with Gasteiger partial charge in [-0.1, -0.05) is 11.2 Å². The van der Waals surface area contributed by atoms with E-state index in [1.165, 1.54) is 0 Å². The number of nitrogens with zero attached hydrogens (tertiary/aromatic N) is 3. The molecule has 0 bridgehead atoms. The van der Waals surface area contributed by atoms with E-state index in [-0.39, 0.29) is 24.5 Å². The minimum Gasteiger partial charge on any atom is -0.454 e. The maximum atomic E-state index is 12.6. The van der Waals surface area contributed by atoms with Gasteiger partial charge in [-0.15, -0.1) is 0 Å². The second-order valence-electron chi connectivity index (χ2n) is 7.99. The van der Waals surface area contributed by atoms with Gasteiger partial charge in [0.15, 0.2) is 11.5 Å². The van der Waals surface area contributed by atoms with Crippen molar-refractivity contribution < 1.29 is 23.5 Å². The van der Waals surface area contributed by atoms with Crippen LogP contribution >= 0.6 is 0 Å². The summed E-state index contributed by atoms with van der Waals surface area (Å²) in [5.41, 5.74) is 1.75. The van der Waals surface area contributed by atoms with E-state index in [1.807, 2.05) is 24.3 Å². The number of aryl methyl sites for hydroxylation is 1. The molecule has 0 spiro atoms. The molecule has 9 nitrogen and oxygen atoms in total. The van der Waals surface area contributed by atoms with Gasteiger partial charge in [0.25, 0.3) is 0 Å². The van der Waals surface area contributed by atoms with Crippen molar-refractivity contribution in [2.75, 3.05) is 26.6 Å². The van der Waals surface area contributed by atoms with Gasteiger partial charge in [-0.05, 0) is 42.7 Å². The van der Waals surface area contributed by atoms with Crippen molar-refractivity contribution in [2.45, 2.75) is 31.1 Å². The zero-order valence-electron chi connectivity index (χ0n) is 17.6. The fourth-order valence-electron chi connectivity index (χ4n) is 4.11. The fraction of sp³-hybridized carbons (Fsp3) is 0.391. The van der Waals surface area contributed by atoms with Crippen LogP contribution in [0.15, 0.2) is 47.2 Å². The Morgan fingerprint density at radius 1 is 1.06 bits per heavy atom. The Hall–Kier alpha value is -3.46. The fourth-order valence-corrected chi connectivity index (χ4v) is 4.11. The van der Waals surface area contributed by atoms with Crippen molar-refractivity contribution in [3.8, 4) is 22.9 Å². The maximum absolute atomic E-state index is 12.6. The van der Waals surface area contributed by atoms with Gasteiger partial charge in [-0.25, -0.2) is 0 Å². The van der Waals surface area contributed by atoms with E-state index in [4.69, 9.17) is 18.7 Å².